The molecule has 0 spiro atoms. The zero-order valence-corrected chi connectivity index (χ0v) is 9.28. The van der Waals surface area contributed by atoms with Gasteiger partial charge in [0.25, 0.3) is 0 Å². The molecule has 0 fully saturated rings. The van der Waals surface area contributed by atoms with Crippen molar-refractivity contribution in [2.45, 2.75) is 0 Å². The fraction of sp³-hybridized carbons (Fsp3) is 0. The topological polar surface area (TPSA) is 41.1 Å². The van der Waals surface area contributed by atoms with Crippen LogP contribution >= 0.6 is 0 Å². The van der Waals surface area contributed by atoms with Crippen LogP contribution in [0, 0.1) is 11.6 Å². The number of amides is 2. The lowest BCUT2D eigenvalue weighted by molar-refractivity contribution is 0.262. The smallest absolute Gasteiger partial charge is 0.308 e. The Kier molecular flexibility index (Phi) is 3.52. The minimum atomic E-state index is -1.01. The van der Waals surface area contributed by atoms with E-state index in [9.17, 15) is 13.6 Å². The Morgan fingerprint density at radius 3 is 2.17 bits per heavy atom. The molecule has 5 heteroatoms. The highest BCUT2D eigenvalue weighted by Gasteiger charge is 2.05. The molecule has 2 rings (SSSR count). The monoisotopic (exact) mass is 248 g/mol. The Morgan fingerprint density at radius 2 is 1.50 bits per heavy atom. The first-order valence-corrected chi connectivity index (χ1v) is 5.23. The van der Waals surface area contributed by atoms with Crippen LogP contribution in [0.3, 0.4) is 0 Å². The standard InChI is InChI=1S/C13H10F2N2O/c14-11-7-6-10(8-12(11)15)17-13(18)16-9-4-2-1-3-5-9/h1-8H,(H2,16,17,18). The molecule has 0 radical (unpaired) electrons. The van der Waals surface area contributed by atoms with E-state index in [-0.39, 0.29) is 5.69 Å². The number of anilines is 2. The summed E-state index contributed by atoms with van der Waals surface area (Å²) in [5.74, 6) is -1.96. The van der Waals surface area contributed by atoms with Crippen LogP contribution in [0.25, 0.3) is 0 Å². The number of benzene rings is 2. The third-order valence-corrected chi connectivity index (χ3v) is 2.21. The van der Waals surface area contributed by atoms with Gasteiger partial charge in [-0.1, -0.05) is 18.2 Å². The fourth-order valence-electron chi connectivity index (χ4n) is 1.39. The molecule has 3 nitrogen and oxygen atoms in total. The summed E-state index contributed by atoms with van der Waals surface area (Å²) in [5.41, 5.74) is 0.792. The van der Waals surface area contributed by atoms with Crippen LogP contribution in [0.4, 0.5) is 25.0 Å². The Bertz CT molecular complexity index is 558. The number of rotatable bonds is 2. The van der Waals surface area contributed by atoms with Crippen LogP contribution in [-0.2, 0) is 0 Å². The first kappa shape index (κ1) is 12.0. The first-order chi connectivity index (χ1) is 8.65. The maximum absolute atomic E-state index is 12.9. The predicted octanol–water partition coefficient (Wildman–Crippen LogP) is 3.61. The van der Waals surface area contributed by atoms with Gasteiger partial charge in [-0.15, -0.1) is 0 Å². The van der Waals surface area contributed by atoms with Gasteiger partial charge < -0.3 is 10.6 Å². The van der Waals surface area contributed by atoms with Crippen molar-refractivity contribution >= 4 is 17.4 Å². The highest BCUT2D eigenvalue weighted by atomic mass is 19.2. The lowest BCUT2D eigenvalue weighted by Gasteiger charge is -2.07. The summed E-state index contributed by atoms with van der Waals surface area (Å²) in [6.45, 7) is 0. The van der Waals surface area contributed by atoms with Crippen LogP contribution in [0.1, 0.15) is 0 Å². The molecule has 0 aliphatic heterocycles. The molecule has 0 atom stereocenters. The van der Waals surface area contributed by atoms with E-state index in [1.54, 1.807) is 24.3 Å². The van der Waals surface area contributed by atoms with Gasteiger partial charge in [-0.3, -0.25) is 0 Å². The van der Waals surface area contributed by atoms with Crippen LogP contribution < -0.4 is 10.6 Å². The number of urea groups is 1. The van der Waals surface area contributed by atoms with Crippen LogP contribution in [0.15, 0.2) is 48.5 Å². The zero-order chi connectivity index (χ0) is 13.0. The van der Waals surface area contributed by atoms with Crippen LogP contribution in [-0.4, -0.2) is 6.03 Å². The first-order valence-electron chi connectivity index (χ1n) is 5.23. The summed E-state index contributed by atoms with van der Waals surface area (Å²) in [6, 6.07) is 11.4. The molecule has 92 valence electrons. The van der Waals surface area contributed by atoms with Crippen LogP contribution in [0.5, 0.6) is 0 Å². The summed E-state index contributed by atoms with van der Waals surface area (Å²) in [4.78, 5) is 11.5. The molecule has 0 aromatic heterocycles. The number of nitrogens with one attached hydrogen (secondary N) is 2. The largest absolute Gasteiger partial charge is 0.323 e. The number of carbonyl (C=O) groups is 1. The second kappa shape index (κ2) is 5.27. The molecule has 2 aromatic rings. The molecule has 18 heavy (non-hydrogen) atoms. The van der Waals surface area contributed by atoms with E-state index in [0.29, 0.717) is 5.69 Å². The summed E-state index contributed by atoms with van der Waals surface area (Å²) >= 11 is 0. The molecule has 2 amide bonds. The van der Waals surface area contributed by atoms with Gasteiger partial charge in [0, 0.05) is 17.4 Å². The summed E-state index contributed by atoms with van der Waals surface area (Å²) in [6.07, 6.45) is 0. The molecular weight excluding hydrogens is 238 g/mol. The molecular formula is C13H10F2N2O. The lowest BCUT2D eigenvalue weighted by atomic mass is 10.3. The maximum atomic E-state index is 12.9. The molecule has 0 aliphatic rings. The van der Waals surface area contributed by atoms with Crippen molar-refractivity contribution < 1.29 is 13.6 Å². The highest BCUT2D eigenvalue weighted by molar-refractivity contribution is 5.99. The molecule has 2 aromatic carbocycles. The second-order valence-electron chi connectivity index (χ2n) is 3.57. The molecule has 0 saturated carbocycles. The van der Waals surface area contributed by atoms with E-state index in [1.807, 2.05) is 6.07 Å². The van der Waals surface area contributed by atoms with E-state index in [0.717, 1.165) is 12.1 Å². The van der Waals surface area contributed by atoms with E-state index in [2.05, 4.69) is 10.6 Å². The minimum absolute atomic E-state index is 0.183. The number of hydrogen-bond donors (Lipinski definition) is 2. The summed E-state index contributed by atoms with van der Waals surface area (Å²) in [5, 5.41) is 4.96. The van der Waals surface area contributed by atoms with Gasteiger partial charge in [-0.2, -0.15) is 0 Å². The third-order valence-electron chi connectivity index (χ3n) is 2.21. The number of carbonyl (C=O) groups excluding carboxylic acids is 1. The van der Waals surface area contributed by atoms with Crippen molar-refractivity contribution in [3.05, 3.63) is 60.2 Å². The molecule has 0 aliphatic carbocycles. The Labute approximate surface area is 102 Å². The second-order valence-corrected chi connectivity index (χ2v) is 3.57. The Balaban J connectivity index is 2.01. The average molecular weight is 248 g/mol. The van der Waals surface area contributed by atoms with Crippen molar-refractivity contribution in [1.82, 2.24) is 0 Å². The third kappa shape index (κ3) is 3.04. The van der Waals surface area contributed by atoms with Gasteiger partial charge in [0.2, 0.25) is 0 Å². The quantitative estimate of drug-likeness (QED) is 0.837. The maximum Gasteiger partial charge on any atom is 0.323 e. The van der Waals surface area contributed by atoms with Crippen molar-refractivity contribution in [2.24, 2.45) is 0 Å². The average Bonchev–Trinajstić information content (AvgIpc) is 2.35. The van der Waals surface area contributed by atoms with E-state index in [1.165, 1.54) is 6.07 Å². The number of halogens is 2. The molecule has 2 N–H and O–H groups in total. The fourth-order valence-corrected chi connectivity index (χ4v) is 1.39. The van der Waals surface area contributed by atoms with Gasteiger partial charge in [0.05, 0.1) is 0 Å². The van der Waals surface area contributed by atoms with Gasteiger partial charge in [0.15, 0.2) is 11.6 Å². The molecule has 0 saturated heterocycles. The van der Waals surface area contributed by atoms with Gasteiger partial charge in [-0.05, 0) is 24.3 Å². The van der Waals surface area contributed by atoms with E-state index < -0.39 is 17.7 Å². The zero-order valence-electron chi connectivity index (χ0n) is 9.28. The lowest BCUT2D eigenvalue weighted by Crippen LogP contribution is -2.19. The normalized spacial score (nSPS) is 9.89. The molecule has 0 heterocycles. The van der Waals surface area contributed by atoms with E-state index in [4.69, 9.17) is 0 Å². The van der Waals surface area contributed by atoms with Crippen molar-refractivity contribution in [1.29, 1.82) is 0 Å². The van der Waals surface area contributed by atoms with Crippen LogP contribution in [0.2, 0.25) is 0 Å². The van der Waals surface area contributed by atoms with Crippen molar-refractivity contribution in [3.63, 3.8) is 0 Å². The van der Waals surface area contributed by atoms with E-state index >= 15 is 0 Å². The van der Waals surface area contributed by atoms with Gasteiger partial charge in [-0.25, -0.2) is 13.6 Å². The number of para-hydroxylation sites is 1. The summed E-state index contributed by atoms with van der Waals surface area (Å²) in [7, 11) is 0. The van der Waals surface area contributed by atoms with Crippen molar-refractivity contribution in [2.75, 3.05) is 10.6 Å². The predicted molar refractivity (Wildman–Crippen MR) is 65.4 cm³/mol. The SMILES string of the molecule is O=C(Nc1ccccc1)Nc1ccc(F)c(F)c1. The Morgan fingerprint density at radius 1 is 0.833 bits per heavy atom. The minimum Gasteiger partial charge on any atom is -0.308 e. The number of hydrogen-bond acceptors (Lipinski definition) is 1. The molecule has 0 bridgehead atoms. The molecule has 0 unspecified atom stereocenters. The Hall–Kier alpha value is -2.43. The van der Waals surface area contributed by atoms with Gasteiger partial charge >= 0.3 is 6.03 Å². The summed E-state index contributed by atoms with van der Waals surface area (Å²) < 4.78 is 25.6. The van der Waals surface area contributed by atoms with Crippen molar-refractivity contribution in [3.8, 4) is 0 Å². The van der Waals surface area contributed by atoms with Gasteiger partial charge in [0.1, 0.15) is 0 Å². The highest BCUT2D eigenvalue weighted by Crippen LogP contribution is 2.13.